The Balaban J connectivity index is 1.72. The van der Waals surface area contributed by atoms with E-state index in [4.69, 9.17) is 41.9 Å². The Hall–Kier alpha value is -0.600. The molecule has 15 N–H and O–H groups in total. The first-order chi connectivity index (χ1) is 15.5. The molecule has 15 nitrogen and oxygen atoms in total. The van der Waals surface area contributed by atoms with Crippen molar-refractivity contribution in [2.45, 2.75) is 98.2 Å². The molecule has 1 saturated carbocycles. The summed E-state index contributed by atoms with van der Waals surface area (Å²) in [6.07, 6.45) is -16.5. The molecular weight excluding hydrogens is 448 g/mol. The van der Waals surface area contributed by atoms with E-state index in [2.05, 4.69) is 0 Å². The highest BCUT2D eigenvalue weighted by atomic mass is 16.7. The first-order valence-electron chi connectivity index (χ1n) is 10.8. The van der Waals surface area contributed by atoms with E-state index < -0.39 is 98.4 Å². The van der Waals surface area contributed by atoms with Gasteiger partial charge in [-0.1, -0.05) is 0 Å². The van der Waals surface area contributed by atoms with Crippen LogP contribution in [-0.2, 0) is 18.9 Å². The first-order valence-corrected chi connectivity index (χ1v) is 10.8. The molecule has 194 valence electrons. The fourth-order valence-corrected chi connectivity index (χ4v) is 4.40. The number of ether oxygens (including phenoxy) is 4. The van der Waals surface area contributed by atoms with Crippen molar-refractivity contribution < 1.29 is 54.7 Å². The van der Waals surface area contributed by atoms with Gasteiger partial charge in [0.2, 0.25) is 0 Å². The van der Waals surface area contributed by atoms with Gasteiger partial charge >= 0.3 is 0 Å². The predicted molar refractivity (Wildman–Crippen MR) is 108 cm³/mol. The molecule has 0 aromatic rings. The van der Waals surface area contributed by atoms with E-state index in [1.54, 1.807) is 0 Å². The summed E-state index contributed by atoms with van der Waals surface area (Å²) >= 11 is 0. The molecule has 0 aromatic heterocycles. The highest BCUT2D eigenvalue weighted by Crippen LogP contribution is 2.31. The number of nitrogens with two attached hydrogens (primary N) is 4. The van der Waals surface area contributed by atoms with Gasteiger partial charge in [0.05, 0.1) is 12.6 Å². The highest BCUT2D eigenvalue weighted by molar-refractivity contribution is 5.01. The van der Waals surface area contributed by atoms with Crippen LogP contribution in [0.1, 0.15) is 6.42 Å². The maximum absolute atomic E-state index is 10.9. The van der Waals surface area contributed by atoms with Crippen molar-refractivity contribution in [3.05, 3.63) is 0 Å². The van der Waals surface area contributed by atoms with Crippen LogP contribution in [0.15, 0.2) is 0 Å². The summed E-state index contributed by atoms with van der Waals surface area (Å²) < 4.78 is 22.2. The molecule has 0 spiro atoms. The minimum Gasteiger partial charge on any atom is -0.394 e. The Morgan fingerprint density at radius 2 is 1.18 bits per heavy atom. The Bertz CT molecular complexity index is 584. The van der Waals surface area contributed by atoms with Crippen LogP contribution in [0.3, 0.4) is 0 Å². The van der Waals surface area contributed by atoms with E-state index in [1.165, 1.54) is 0 Å². The molecule has 15 atom stereocenters. The standard InChI is InChI=1S/C18H36N4O11/c19-2-6-10(25)12(27)13(28)18(30-6)33-16-5(21)1-4(20)15(14(16)29)32-17-11(26)8(22)9(24)7(3-23)31-17/h4-18,23-29H,1-3,19-22H2/t4-,5+,6-,7+,8-,9-,10-,11-,12-,13+,14+,15+,16+,17-,18-/m0/s1. The normalized spacial score (nSPS) is 53.7. The zero-order chi connectivity index (χ0) is 24.6. The van der Waals surface area contributed by atoms with Gasteiger partial charge < -0.3 is 77.6 Å². The fourth-order valence-electron chi connectivity index (χ4n) is 4.40. The van der Waals surface area contributed by atoms with Crippen LogP contribution in [0.25, 0.3) is 0 Å². The van der Waals surface area contributed by atoms with Crippen LogP contribution in [-0.4, -0.2) is 141 Å². The summed E-state index contributed by atoms with van der Waals surface area (Å²) in [5.41, 5.74) is 23.5. The second kappa shape index (κ2) is 11.0. The van der Waals surface area contributed by atoms with Crippen LogP contribution in [0.2, 0.25) is 0 Å². The number of aliphatic hydroxyl groups is 7. The third-order valence-corrected chi connectivity index (χ3v) is 6.48. The van der Waals surface area contributed by atoms with E-state index in [0.29, 0.717) is 0 Å². The van der Waals surface area contributed by atoms with Gasteiger partial charge in [0.25, 0.3) is 0 Å². The van der Waals surface area contributed by atoms with E-state index in [-0.39, 0.29) is 13.0 Å². The number of aliphatic hydroxyl groups excluding tert-OH is 7. The molecular formula is C18H36N4O11. The molecule has 3 rings (SSSR count). The van der Waals surface area contributed by atoms with Gasteiger partial charge in [0.1, 0.15) is 61.0 Å². The summed E-state index contributed by atoms with van der Waals surface area (Å²) in [6.45, 7) is -0.763. The number of hydrogen-bond donors (Lipinski definition) is 11. The van der Waals surface area contributed by atoms with Crippen LogP contribution in [0.5, 0.6) is 0 Å². The molecule has 0 aromatic carbocycles. The van der Waals surface area contributed by atoms with Gasteiger partial charge in [0, 0.05) is 18.6 Å². The SMILES string of the molecule is NC[C@@H]1O[C@@H](O[C@H]2[C@H](O)[C@H](O[C@@H]3O[C@H](CO)[C@H](O)[C@H](N)[C@@H]3O)[C@@H](N)C[C@H]2N)[C@H](O)[C@@H](O)[C@H]1O. The van der Waals surface area contributed by atoms with E-state index >= 15 is 0 Å². The monoisotopic (exact) mass is 484 g/mol. The topological polar surface area (TPSA) is 283 Å². The second-order valence-electron chi connectivity index (χ2n) is 8.79. The lowest BCUT2D eigenvalue weighted by atomic mass is 9.84. The molecule has 0 bridgehead atoms. The zero-order valence-corrected chi connectivity index (χ0v) is 17.9. The van der Waals surface area contributed by atoms with Gasteiger partial charge in [-0.2, -0.15) is 0 Å². The third kappa shape index (κ3) is 5.32. The van der Waals surface area contributed by atoms with Crippen molar-refractivity contribution in [1.82, 2.24) is 0 Å². The molecule has 3 fully saturated rings. The van der Waals surface area contributed by atoms with Crippen molar-refractivity contribution in [2.24, 2.45) is 22.9 Å². The Kier molecular flexibility index (Phi) is 8.99. The molecule has 15 heteroatoms. The first kappa shape index (κ1) is 27.0. The molecule has 0 unspecified atom stereocenters. The Morgan fingerprint density at radius 1 is 0.667 bits per heavy atom. The van der Waals surface area contributed by atoms with Crippen LogP contribution in [0, 0.1) is 0 Å². The average Bonchev–Trinajstić information content (AvgIpc) is 2.79. The average molecular weight is 485 g/mol. The lowest BCUT2D eigenvalue weighted by molar-refractivity contribution is -0.332. The van der Waals surface area contributed by atoms with Crippen molar-refractivity contribution >= 4 is 0 Å². The van der Waals surface area contributed by atoms with Gasteiger partial charge in [-0.15, -0.1) is 0 Å². The van der Waals surface area contributed by atoms with E-state index in [1.807, 2.05) is 0 Å². The predicted octanol–water partition coefficient (Wildman–Crippen LogP) is -7.29. The second-order valence-corrected chi connectivity index (χ2v) is 8.79. The molecule has 33 heavy (non-hydrogen) atoms. The third-order valence-electron chi connectivity index (χ3n) is 6.48. The Labute approximate surface area is 189 Å². The van der Waals surface area contributed by atoms with Crippen molar-refractivity contribution in [2.75, 3.05) is 13.2 Å². The van der Waals surface area contributed by atoms with Crippen LogP contribution < -0.4 is 22.9 Å². The summed E-state index contributed by atoms with van der Waals surface area (Å²) in [7, 11) is 0. The minimum absolute atomic E-state index is 0.0849. The van der Waals surface area contributed by atoms with Crippen LogP contribution >= 0.6 is 0 Å². The maximum Gasteiger partial charge on any atom is 0.187 e. The molecule has 1 aliphatic carbocycles. The quantitative estimate of drug-likeness (QED) is 0.167. The summed E-state index contributed by atoms with van der Waals surface area (Å²) in [6, 6.07) is -2.86. The van der Waals surface area contributed by atoms with Crippen molar-refractivity contribution in [1.29, 1.82) is 0 Å². The molecule has 0 radical (unpaired) electrons. The minimum atomic E-state index is -1.66. The number of hydrogen-bond acceptors (Lipinski definition) is 15. The van der Waals surface area contributed by atoms with Gasteiger partial charge in [0.15, 0.2) is 12.6 Å². The number of rotatable bonds is 6. The lowest BCUT2D eigenvalue weighted by Gasteiger charge is -2.48. The molecule has 2 aliphatic heterocycles. The summed E-state index contributed by atoms with van der Waals surface area (Å²) in [5, 5.41) is 70.9. The van der Waals surface area contributed by atoms with Crippen molar-refractivity contribution in [3.63, 3.8) is 0 Å². The van der Waals surface area contributed by atoms with Gasteiger partial charge in [-0.25, -0.2) is 0 Å². The smallest absolute Gasteiger partial charge is 0.187 e. The van der Waals surface area contributed by atoms with E-state index in [9.17, 15) is 35.7 Å². The van der Waals surface area contributed by atoms with Crippen LogP contribution in [0.4, 0.5) is 0 Å². The molecule has 2 heterocycles. The fraction of sp³-hybridized carbons (Fsp3) is 1.00. The van der Waals surface area contributed by atoms with Crippen molar-refractivity contribution in [3.8, 4) is 0 Å². The molecule has 2 saturated heterocycles. The summed E-state index contributed by atoms with van der Waals surface area (Å²) in [5.74, 6) is 0. The molecule has 0 amide bonds. The van der Waals surface area contributed by atoms with E-state index in [0.717, 1.165) is 0 Å². The maximum atomic E-state index is 10.9. The highest BCUT2D eigenvalue weighted by Gasteiger charge is 2.51. The van der Waals surface area contributed by atoms with Gasteiger partial charge in [-0.05, 0) is 6.42 Å². The lowest BCUT2D eigenvalue weighted by Crippen LogP contribution is -2.68. The molecule has 3 aliphatic rings. The summed E-state index contributed by atoms with van der Waals surface area (Å²) in [4.78, 5) is 0. The largest absolute Gasteiger partial charge is 0.394 e. The van der Waals surface area contributed by atoms with Gasteiger partial charge in [-0.3, -0.25) is 0 Å². The Morgan fingerprint density at radius 3 is 1.70 bits per heavy atom. The zero-order valence-electron chi connectivity index (χ0n) is 17.9.